The molecule has 2 aromatic carbocycles. The molecular formula is C23H24Cl2N2O4. The molecule has 0 heterocycles. The molecule has 1 aliphatic carbocycles. The summed E-state index contributed by atoms with van der Waals surface area (Å²) in [7, 11) is 2.66. The Balaban J connectivity index is 1.73. The number of methoxy groups -OCH3 is 1. The number of rotatable bonds is 8. The monoisotopic (exact) mass is 462 g/mol. The van der Waals surface area contributed by atoms with Gasteiger partial charge in [-0.25, -0.2) is 4.79 Å². The van der Waals surface area contributed by atoms with E-state index in [0.717, 1.165) is 23.3 Å². The lowest BCUT2D eigenvalue weighted by Gasteiger charge is -2.15. The standard InChI is InChI=1S/C23H24Cl2N2O4/c1-14(18-12-23(18,2)17-10-7-11-19(24)20(17)25)26-31-13-15-8-5-6-9-16(15)21(27-30-4)22(28)29-3/h5-11,18H,12-13H2,1-4H3. The number of nitrogens with zero attached hydrogens (tertiary/aromatic N) is 2. The molecule has 0 bridgehead atoms. The van der Waals surface area contributed by atoms with Gasteiger partial charge in [0.2, 0.25) is 0 Å². The van der Waals surface area contributed by atoms with E-state index >= 15 is 0 Å². The smallest absolute Gasteiger partial charge is 0.360 e. The van der Waals surface area contributed by atoms with Crippen molar-refractivity contribution in [2.75, 3.05) is 14.2 Å². The van der Waals surface area contributed by atoms with Gasteiger partial charge in [-0.15, -0.1) is 0 Å². The number of ether oxygens (including phenoxy) is 1. The summed E-state index contributed by atoms with van der Waals surface area (Å²) in [6, 6.07) is 12.9. The predicted octanol–water partition coefficient (Wildman–Crippen LogP) is 5.39. The van der Waals surface area contributed by atoms with Crippen LogP contribution in [0.15, 0.2) is 52.8 Å². The average Bonchev–Trinajstić information content (AvgIpc) is 3.46. The second-order valence-corrected chi connectivity index (χ2v) is 8.34. The lowest BCUT2D eigenvalue weighted by Crippen LogP contribution is -2.19. The minimum atomic E-state index is -0.596. The number of benzene rings is 2. The van der Waals surface area contributed by atoms with E-state index in [2.05, 4.69) is 17.2 Å². The van der Waals surface area contributed by atoms with Gasteiger partial charge in [-0.2, -0.15) is 0 Å². The Morgan fingerprint density at radius 1 is 1.13 bits per heavy atom. The zero-order valence-corrected chi connectivity index (χ0v) is 19.3. The number of esters is 1. The summed E-state index contributed by atoms with van der Waals surface area (Å²) >= 11 is 12.6. The molecule has 1 fully saturated rings. The van der Waals surface area contributed by atoms with Crippen LogP contribution in [-0.2, 0) is 31.2 Å². The van der Waals surface area contributed by atoms with Crippen molar-refractivity contribution in [1.82, 2.24) is 0 Å². The van der Waals surface area contributed by atoms with E-state index in [4.69, 9.17) is 37.6 Å². The van der Waals surface area contributed by atoms with Crippen molar-refractivity contribution >= 4 is 40.6 Å². The number of oxime groups is 2. The molecule has 0 radical (unpaired) electrons. The van der Waals surface area contributed by atoms with E-state index in [1.165, 1.54) is 14.2 Å². The van der Waals surface area contributed by atoms with E-state index in [0.29, 0.717) is 15.6 Å². The first kappa shape index (κ1) is 23.1. The highest BCUT2D eigenvalue weighted by Crippen LogP contribution is 2.57. The molecule has 164 valence electrons. The van der Waals surface area contributed by atoms with E-state index in [1.807, 2.05) is 31.2 Å². The molecule has 31 heavy (non-hydrogen) atoms. The highest BCUT2D eigenvalue weighted by atomic mass is 35.5. The van der Waals surface area contributed by atoms with Crippen LogP contribution in [0, 0.1) is 5.92 Å². The zero-order valence-electron chi connectivity index (χ0n) is 17.8. The highest BCUT2D eigenvalue weighted by Gasteiger charge is 2.54. The minimum absolute atomic E-state index is 0.0651. The maximum atomic E-state index is 12.1. The first-order valence-corrected chi connectivity index (χ1v) is 10.5. The van der Waals surface area contributed by atoms with Crippen LogP contribution in [0.2, 0.25) is 10.0 Å². The highest BCUT2D eigenvalue weighted by molar-refractivity contribution is 6.43. The summed E-state index contributed by atoms with van der Waals surface area (Å²) in [4.78, 5) is 22.5. The molecule has 0 saturated heterocycles. The van der Waals surface area contributed by atoms with Crippen molar-refractivity contribution in [1.29, 1.82) is 0 Å². The van der Waals surface area contributed by atoms with Crippen molar-refractivity contribution < 1.29 is 19.2 Å². The second kappa shape index (κ2) is 9.71. The third kappa shape index (κ3) is 4.86. The number of hydrogen-bond acceptors (Lipinski definition) is 6. The maximum absolute atomic E-state index is 12.1. The van der Waals surface area contributed by atoms with Crippen LogP contribution >= 0.6 is 23.2 Å². The van der Waals surface area contributed by atoms with E-state index < -0.39 is 5.97 Å². The Morgan fingerprint density at radius 3 is 2.58 bits per heavy atom. The van der Waals surface area contributed by atoms with Gasteiger partial charge >= 0.3 is 5.97 Å². The van der Waals surface area contributed by atoms with Crippen molar-refractivity contribution in [3.8, 4) is 0 Å². The molecule has 1 aliphatic rings. The average molecular weight is 463 g/mol. The SMILES string of the molecule is CON=C(C(=O)OC)c1ccccc1CON=C(C)C1CC1(C)c1cccc(Cl)c1Cl. The summed E-state index contributed by atoms with van der Waals surface area (Å²) in [5, 5.41) is 9.26. The quantitative estimate of drug-likeness (QED) is 0.299. The molecule has 2 aromatic rings. The summed E-state index contributed by atoms with van der Waals surface area (Å²) in [5.74, 6) is -0.388. The molecular weight excluding hydrogens is 439 g/mol. The minimum Gasteiger partial charge on any atom is -0.464 e. The van der Waals surface area contributed by atoms with Crippen molar-refractivity contribution in [2.45, 2.75) is 32.3 Å². The van der Waals surface area contributed by atoms with Gasteiger partial charge in [0.15, 0.2) is 5.71 Å². The molecule has 0 spiro atoms. The van der Waals surface area contributed by atoms with Crippen LogP contribution in [-0.4, -0.2) is 31.6 Å². The number of hydrogen-bond donors (Lipinski definition) is 0. The van der Waals surface area contributed by atoms with E-state index in [-0.39, 0.29) is 23.7 Å². The van der Waals surface area contributed by atoms with Gasteiger partial charge in [-0.3, -0.25) is 0 Å². The summed E-state index contributed by atoms with van der Waals surface area (Å²) in [6.07, 6.45) is 0.912. The first-order chi connectivity index (χ1) is 14.8. The zero-order chi connectivity index (χ0) is 22.6. The molecule has 3 rings (SSSR count). The molecule has 1 saturated carbocycles. The fourth-order valence-corrected chi connectivity index (χ4v) is 4.26. The maximum Gasteiger partial charge on any atom is 0.360 e. The molecule has 0 N–H and O–H groups in total. The number of carbonyl (C=O) groups excluding carboxylic acids is 1. The van der Waals surface area contributed by atoms with Gasteiger partial charge in [-0.1, -0.05) is 76.8 Å². The van der Waals surface area contributed by atoms with E-state index in [1.54, 1.807) is 18.2 Å². The van der Waals surface area contributed by atoms with Gasteiger partial charge in [-0.05, 0) is 25.0 Å². The fourth-order valence-electron chi connectivity index (χ4n) is 3.75. The van der Waals surface area contributed by atoms with Crippen LogP contribution in [0.1, 0.15) is 37.0 Å². The van der Waals surface area contributed by atoms with Crippen molar-refractivity contribution in [3.05, 3.63) is 69.2 Å². The Kier molecular flexibility index (Phi) is 7.23. The third-order valence-corrected chi connectivity index (χ3v) is 6.39. The van der Waals surface area contributed by atoms with Crippen LogP contribution < -0.4 is 0 Å². The number of halogens is 2. The molecule has 6 nitrogen and oxygen atoms in total. The normalized spacial score (nSPS) is 20.9. The largest absolute Gasteiger partial charge is 0.464 e. The molecule has 0 aromatic heterocycles. The van der Waals surface area contributed by atoms with Crippen LogP contribution in [0.4, 0.5) is 0 Å². The van der Waals surface area contributed by atoms with Gasteiger partial charge < -0.3 is 14.4 Å². The molecule has 0 aliphatic heterocycles. The van der Waals surface area contributed by atoms with Gasteiger partial charge in [0, 0.05) is 22.5 Å². The summed E-state index contributed by atoms with van der Waals surface area (Å²) < 4.78 is 4.80. The Morgan fingerprint density at radius 2 is 1.87 bits per heavy atom. The molecule has 2 unspecified atom stereocenters. The lowest BCUT2D eigenvalue weighted by molar-refractivity contribution is -0.132. The van der Waals surface area contributed by atoms with Crippen LogP contribution in [0.3, 0.4) is 0 Å². The van der Waals surface area contributed by atoms with Crippen molar-refractivity contribution in [2.24, 2.45) is 16.2 Å². The molecule has 8 heteroatoms. The topological polar surface area (TPSA) is 69.5 Å². The Labute approximate surface area is 191 Å². The van der Waals surface area contributed by atoms with Gasteiger partial charge in [0.25, 0.3) is 0 Å². The van der Waals surface area contributed by atoms with E-state index in [9.17, 15) is 4.79 Å². The third-order valence-electron chi connectivity index (χ3n) is 5.57. The number of carbonyl (C=O) groups is 1. The molecule has 2 atom stereocenters. The first-order valence-electron chi connectivity index (χ1n) is 9.72. The molecule has 0 amide bonds. The van der Waals surface area contributed by atoms with Crippen LogP contribution in [0.5, 0.6) is 0 Å². The lowest BCUT2D eigenvalue weighted by atomic mass is 9.94. The summed E-state index contributed by atoms with van der Waals surface area (Å²) in [6.45, 7) is 4.24. The summed E-state index contributed by atoms with van der Waals surface area (Å²) in [5.41, 5.74) is 3.12. The predicted molar refractivity (Wildman–Crippen MR) is 122 cm³/mol. The fraction of sp³-hybridized carbons (Fsp3) is 0.348. The second-order valence-electron chi connectivity index (χ2n) is 7.55. The Hall–Kier alpha value is -2.57. The van der Waals surface area contributed by atoms with Gasteiger partial charge in [0.05, 0.1) is 22.9 Å². The van der Waals surface area contributed by atoms with Gasteiger partial charge in [0.1, 0.15) is 13.7 Å². The van der Waals surface area contributed by atoms with Crippen molar-refractivity contribution in [3.63, 3.8) is 0 Å². The Bertz CT molecular complexity index is 1040. The van der Waals surface area contributed by atoms with Crippen LogP contribution in [0.25, 0.3) is 0 Å².